The maximum Gasteiger partial charge on any atom is 0.251 e. The van der Waals surface area contributed by atoms with Crippen molar-refractivity contribution in [3.05, 3.63) is 46.9 Å². The van der Waals surface area contributed by atoms with Gasteiger partial charge in [0.15, 0.2) is 5.16 Å². The van der Waals surface area contributed by atoms with E-state index in [1.807, 2.05) is 0 Å². The first kappa shape index (κ1) is 18.6. The van der Waals surface area contributed by atoms with E-state index in [0.717, 1.165) is 24.6 Å². The zero-order chi connectivity index (χ0) is 18.6. The maximum atomic E-state index is 12.5. The highest BCUT2D eigenvalue weighted by atomic mass is 32.2. The Labute approximate surface area is 155 Å². The van der Waals surface area contributed by atoms with Crippen LogP contribution in [0.3, 0.4) is 0 Å². The van der Waals surface area contributed by atoms with Crippen molar-refractivity contribution >= 4 is 33.4 Å². The number of anilines is 1. The van der Waals surface area contributed by atoms with Crippen molar-refractivity contribution in [1.29, 1.82) is 0 Å². The van der Waals surface area contributed by atoms with Crippen LogP contribution in [0.2, 0.25) is 0 Å². The number of aromatic nitrogens is 2. The molecule has 0 saturated carbocycles. The summed E-state index contributed by atoms with van der Waals surface area (Å²) in [6, 6.07) is 7.41. The quantitative estimate of drug-likeness (QED) is 0.564. The molecule has 1 aromatic carbocycles. The van der Waals surface area contributed by atoms with Crippen LogP contribution >= 0.6 is 11.8 Å². The highest BCUT2D eigenvalue weighted by Crippen LogP contribution is 2.22. The van der Waals surface area contributed by atoms with Crippen molar-refractivity contribution in [2.45, 2.75) is 22.9 Å². The summed E-state index contributed by atoms with van der Waals surface area (Å²) in [6.45, 7) is 1.10. The maximum absolute atomic E-state index is 12.5. The summed E-state index contributed by atoms with van der Waals surface area (Å²) in [7, 11) is -3.46. The number of carbonyl (C=O) groups excluding carboxylic acids is 1. The molecule has 10 heteroatoms. The molecule has 0 aliphatic carbocycles. The first-order valence-electron chi connectivity index (χ1n) is 8.03. The van der Waals surface area contributed by atoms with E-state index in [-0.39, 0.29) is 22.1 Å². The summed E-state index contributed by atoms with van der Waals surface area (Å²) < 4.78 is 26.4. The summed E-state index contributed by atoms with van der Waals surface area (Å²) in [5.74, 6) is -0.211. The van der Waals surface area contributed by atoms with Crippen LogP contribution in [-0.2, 0) is 14.8 Å². The standard InChI is InChI=1S/C16H18N4O4S2/c21-14-7-8-17-16(19-14)25-11-15(22)18-12-3-5-13(6-4-12)26(23,24)20-9-1-2-10-20/h3-8H,1-2,9-11H2,(H,18,22)(H,17,19,21). The average Bonchev–Trinajstić information content (AvgIpc) is 3.16. The van der Waals surface area contributed by atoms with Crippen LogP contribution in [0.15, 0.2) is 51.4 Å². The molecule has 0 bridgehead atoms. The van der Waals surface area contributed by atoms with Gasteiger partial charge >= 0.3 is 0 Å². The Kier molecular flexibility index (Phi) is 5.74. The average molecular weight is 394 g/mol. The fourth-order valence-corrected chi connectivity index (χ4v) is 4.71. The summed E-state index contributed by atoms with van der Waals surface area (Å²) in [5.41, 5.74) is 0.225. The third-order valence-electron chi connectivity index (χ3n) is 3.83. The van der Waals surface area contributed by atoms with E-state index in [0.29, 0.717) is 23.9 Å². The number of hydrogen-bond acceptors (Lipinski definition) is 6. The van der Waals surface area contributed by atoms with Gasteiger partial charge < -0.3 is 10.3 Å². The van der Waals surface area contributed by atoms with Crippen molar-refractivity contribution < 1.29 is 13.2 Å². The predicted octanol–water partition coefficient (Wildman–Crippen LogP) is 1.29. The Morgan fingerprint density at radius 1 is 1.19 bits per heavy atom. The lowest BCUT2D eigenvalue weighted by atomic mass is 10.3. The highest BCUT2D eigenvalue weighted by molar-refractivity contribution is 7.99. The largest absolute Gasteiger partial charge is 0.325 e. The van der Waals surface area contributed by atoms with Gasteiger partial charge in [-0.1, -0.05) is 11.8 Å². The topological polar surface area (TPSA) is 112 Å². The van der Waals surface area contributed by atoms with Crippen LogP contribution in [-0.4, -0.2) is 47.4 Å². The van der Waals surface area contributed by atoms with Gasteiger partial charge in [-0.05, 0) is 37.1 Å². The molecule has 1 amide bonds. The second-order valence-corrected chi connectivity index (χ2v) is 8.61. The molecule has 1 aliphatic heterocycles. The van der Waals surface area contributed by atoms with E-state index in [9.17, 15) is 18.0 Å². The van der Waals surface area contributed by atoms with Crippen LogP contribution in [0.5, 0.6) is 0 Å². The van der Waals surface area contributed by atoms with E-state index < -0.39 is 10.0 Å². The molecule has 0 unspecified atom stereocenters. The zero-order valence-corrected chi connectivity index (χ0v) is 15.5. The van der Waals surface area contributed by atoms with Gasteiger partial charge in [0.25, 0.3) is 5.56 Å². The molecule has 1 aliphatic rings. The van der Waals surface area contributed by atoms with E-state index in [1.54, 1.807) is 12.1 Å². The number of carbonyl (C=O) groups is 1. The monoisotopic (exact) mass is 394 g/mol. The van der Waals surface area contributed by atoms with Gasteiger partial charge in [0.2, 0.25) is 15.9 Å². The third-order valence-corrected chi connectivity index (χ3v) is 6.63. The number of nitrogens with zero attached hydrogens (tertiary/aromatic N) is 2. The molecule has 0 radical (unpaired) electrons. The lowest BCUT2D eigenvalue weighted by Gasteiger charge is -2.15. The molecule has 8 nitrogen and oxygen atoms in total. The van der Waals surface area contributed by atoms with Gasteiger partial charge in [-0.15, -0.1) is 0 Å². The Hall–Kier alpha value is -2.17. The lowest BCUT2D eigenvalue weighted by Crippen LogP contribution is -2.27. The molecule has 1 fully saturated rings. The summed E-state index contributed by atoms with van der Waals surface area (Å²) in [5, 5.41) is 3.05. The zero-order valence-electron chi connectivity index (χ0n) is 13.8. The highest BCUT2D eigenvalue weighted by Gasteiger charge is 2.26. The van der Waals surface area contributed by atoms with Crippen molar-refractivity contribution in [2.24, 2.45) is 0 Å². The van der Waals surface area contributed by atoms with Crippen LogP contribution in [0, 0.1) is 0 Å². The Bertz CT molecular complexity index is 935. The summed E-state index contributed by atoms with van der Waals surface area (Å²) >= 11 is 1.10. The fourth-order valence-electron chi connectivity index (χ4n) is 2.54. The number of sulfonamides is 1. The second-order valence-electron chi connectivity index (χ2n) is 5.71. The number of hydrogen-bond donors (Lipinski definition) is 2. The Morgan fingerprint density at radius 2 is 1.88 bits per heavy atom. The number of benzene rings is 1. The summed E-state index contributed by atoms with van der Waals surface area (Å²) in [6.07, 6.45) is 3.14. The summed E-state index contributed by atoms with van der Waals surface area (Å²) in [4.78, 5) is 29.8. The van der Waals surface area contributed by atoms with Crippen LogP contribution in [0.25, 0.3) is 0 Å². The normalized spacial score (nSPS) is 15.1. The molecule has 1 aromatic heterocycles. The van der Waals surface area contributed by atoms with Crippen LogP contribution in [0.1, 0.15) is 12.8 Å². The molecule has 0 atom stereocenters. The first-order valence-corrected chi connectivity index (χ1v) is 10.5. The molecule has 2 heterocycles. The van der Waals surface area contributed by atoms with Gasteiger partial charge in [-0.3, -0.25) is 9.59 Å². The number of rotatable bonds is 6. The van der Waals surface area contributed by atoms with Crippen molar-refractivity contribution in [3.63, 3.8) is 0 Å². The molecule has 3 rings (SSSR count). The molecule has 0 spiro atoms. The fraction of sp³-hybridized carbons (Fsp3) is 0.312. The number of nitrogens with one attached hydrogen (secondary N) is 2. The van der Waals surface area contributed by atoms with Gasteiger partial charge in [-0.25, -0.2) is 13.4 Å². The second kappa shape index (κ2) is 8.02. The number of aromatic amines is 1. The molecular formula is C16H18N4O4S2. The molecule has 2 aromatic rings. The smallest absolute Gasteiger partial charge is 0.251 e. The van der Waals surface area contributed by atoms with Gasteiger partial charge in [-0.2, -0.15) is 4.31 Å². The Balaban J connectivity index is 1.58. The van der Waals surface area contributed by atoms with Gasteiger partial charge in [0, 0.05) is 31.0 Å². The van der Waals surface area contributed by atoms with Crippen molar-refractivity contribution in [1.82, 2.24) is 14.3 Å². The molecule has 26 heavy (non-hydrogen) atoms. The minimum Gasteiger partial charge on any atom is -0.325 e. The molecule has 138 valence electrons. The molecule has 1 saturated heterocycles. The van der Waals surface area contributed by atoms with E-state index in [4.69, 9.17) is 0 Å². The number of amides is 1. The SMILES string of the molecule is O=C(CSc1nccc(=O)[nH]1)Nc1ccc(S(=O)(=O)N2CCCC2)cc1. The first-order chi connectivity index (χ1) is 12.4. The van der Waals surface area contributed by atoms with E-state index in [1.165, 1.54) is 28.7 Å². The number of H-pyrrole nitrogens is 1. The minimum atomic E-state index is -3.46. The minimum absolute atomic E-state index is 0.0702. The van der Waals surface area contributed by atoms with Crippen molar-refractivity contribution in [2.75, 3.05) is 24.2 Å². The van der Waals surface area contributed by atoms with Crippen LogP contribution < -0.4 is 10.9 Å². The van der Waals surface area contributed by atoms with E-state index in [2.05, 4.69) is 15.3 Å². The number of thioether (sulfide) groups is 1. The predicted molar refractivity (Wildman–Crippen MR) is 98.6 cm³/mol. The lowest BCUT2D eigenvalue weighted by molar-refractivity contribution is -0.113. The van der Waals surface area contributed by atoms with E-state index >= 15 is 0 Å². The molecule has 2 N–H and O–H groups in total. The third kappa shape index (κ3) is 4.51. The van der Waals surface area contributed by atoms with Gasteiger partial charge in [0.05, 0.1) is 10.6 Å². The molecular weight excluding hydrogens is 376 g/mol. The van der Waals surface area contributed by atoms with Gasteiger partial charge in [0.1, 0.15) is 0 Å². The van der Waals surface area contributed by atoms with Crippen molar-refractivity contribution in [3.8, 4) is 0 Å². The van der Waals surface area contributed by atoms with Crippen LogP contribution in [0.4, 0.5) is 5.69 Å². The Morgan fingerprint density at radius 3 is 2.54 bits per heavy atom.